The first-order valence-corrected chi connectivity index (χ1v) is 7.01. The number of carbonyl (C=O) groups is 1. The molecule has 1 spiro atoms. The molecule has 4 nitrogen and oxygen atoms in total. The molecular formula is C17H15N3O. The maximum Gasteiger partial charge on any atom is 0.256 e. The number of rotatable bonds is 1. The van der Waals surface area contributed by atoms with Gasteiger partial charge in [-0.15, -0.1) is 0 Å². The SMILES string of the molecule is Cc1ccc2c(c1)[C@]1(CC(c3ccccc3)=NN1)C(=O)N2. The Hall–Kier alpha value is -2.62. The molecule has 0 aliphatic carbocycles. The van der Waals surface area contributed by atoms with Gasteiger partial charge in [0.25, 0.3) is 5.91 Å². The smallest absolute Gasteiger partial charge is 0.256 e. The topological polar surface area (TPSA) is 53.5 Å². The number of amides is 1. The second kappa shape index (κ2) is 4.19. The van der Waals surface area contributed by atoms with E-state index in [4.69, 9.17) is 0 Å². The maximum absolute atomic E-state index is 12.5. The van der Waals surface area contributed by atoms with E-state index in [1.165, 1.54) is 0 Å². The molecule has 0 bridgehead atoms. The van der Waals surface area contributed by atoms with Crippen LogP contribution in [0.25, 0.3) is 0 Å². The number of hydrogen-bond donors (Lipinski definition) is 2. The fourth-order valence-electron chi connectivity index (χ4n) is 3.05. The van der Waals surface area contributed by atoms with Crippen molar-refractivity contribution in [1.82, 2.24) is 5.43 Å². The predicted molar refractivity (Wildman–Crippen MR) is 82.2 cm³/mol. The molecule has 0 aromatic heterocycles. The molecule has 21 heavy (non-hydrogen) atoms. The van der Waals surface area contributed by atoms with Gasteiger partial charge in [0.1, 0.15) is 0 Å². The molecule has 1 amide bonds. The van der Waals surface area contributed by atoms with Crippen LogP contribution in [-0.2, 0) is 10.3 Å². The highest BCUT2D eigenvalue weighted by Gasteiger charge is 2.50. The Morgan fingerprint density at radius 2 is 1.95 bits per heavy atom. The third-order valence-electron chi connectivity index (χ3n) is 4.19. The van der Waals surface area contributed by atoms with Crippen molar-refractivity contribution in [3.05, 3.63) is 65.2 Å². The lowest BCUT2D eigenvalue weighted by atomic mass is 9.85. The minimum absolute atomic E-state index is 0.0298. The van der Waals surface area contributed by atoms with Crippen LogP contribution in [0, 0.1) is 6.92 Å². The van der Waals surface area contributed by atoms with Gasteiger partial charge in [0.05, 0.1) is 5.71 Å². The summed E-state index contributed by atoms with van der Waals surface area (Å²) in [7, 11) is 0. The van der Waals surface area contributed by atoms with Crippen LogP contribution in [-0.4, -0.2) is 11.6 Å². The lowest BCUT2D eigenvalue weighted by Crippen LogP contribution is -2.42. The number of hydrazone groups is 1. The first-order chi connectivity index (χ1) is 10.2. The summed E-state index contributed by atoms with van der Waals surface area (Å²) in [6.07, 6.45) is 0.569. The van der Waals surface area contributed by atoms with Crippen LogP contribution in [0.5, 0.6) is 0 Å². The number of aryl methyl sites for hydroxylation is 1. The van der Waals surface area contributed by atoms with Gasteiger partial charge >= 0.3 is 0 Å². The van der Waals surface area contributed by atoms with Gasteiger partial charge < -0.3 is 5.32 Å². The van der Waals surface area contributed by atoms with Crippen molar-refractivity contribution in [2.45, 2.75) is 18.9 Å². The third kappa shape index (κ3) is 1.69. The average molecular weight is 277 g/mol. The van der Waals surface area contributed by atoms with Crippen molar-refractivity contribution in [2.24, 2.45) is 5.10 Å². The standard InChI is InChI=1S/C17H15N3O/c1-11-7-8-14-13(9-11)17(16(21)18-14)10-15(19-20-17)12-5-3-2-4-6-12/h2-9,20H,10H2,1H3,(H,18,21)/t17-/m1/s1. The second-order valence-corrected chi connectivity index (χ2v) is 5.62. The highest BCUT2D eigenvalue weighted by Crippen LogP contribution is 2.41. The van der Waals surface area contributed by atoms with Crippen LogP contribution in [0.3, 0.4) is 0 Å². The van der Waals surface area contributed by atoms with Crippen LogP contribution in [0.4, 0.5) is 5.69 Å². The zero-order valence-electron chi connectivity index (χ0n) is 11.7. The molecule has 1 atom stereocenters. The zero-order chi connectivity index (χ0) is 14.4. The molecular weight excluding hydrogens is 262 g/mol. The molecule has 2 aromatic rings. The summed E-state index contributed by atoms with van der Waals surface area (Å²) in [6, 6.07) is 16.0. The summed E-state index contributed by atoms with van der Waals surface area (Å²) in [5.74, 6) is -0.0298. The van der Waals surface area contributed by atoms with E-state index >= 15 is 0 Å². The van der Waals surface area contributed by atoms with E-state index in [2.05, 4.69) is 21.9 Å². The number of nitrogens with zero attached hydrogens (tertiary/aromatic N) is 1. The van der Waals surface area contributed by atoms with Crippen LogP contribution in [0.2, 0.25) is 0 Å². The van der Waals surface area contributed by atoms with Gasteiger partial charge in [0.15, 0.2) is 5.54 Å². The zero-order valence-corrected chi connectivity index (χ0v) is 11.7. The Balaban J connectivity index is 1.76. The lowest BCUT2D eigenvalue weighted by molar-refractivity contribution is -0.121. The molecule has 2 heterocycles. The molecule has 0 saturated heterocycles. The highest BCUT2D eigenvalue weighted by atomic mass is 16.2. The molecule has 2 aliphatic rings. The molecule has 0 fully saturated rings. The summed E-state index contributed by atoms with van der Waals surface area (Å²) in [6.45, 7) is 2.03. The largest absolute Gasteiger partial charge is 0.323 e. The van der Waals surface area contributed by atoms with E-state index in [1.807, 2.05) is 49.4 Å². The predicted octanol–water partition coefficient (Wildman–Crippen LogP) is 2.54. The quantitative estimate of drug-likeness (QED) is 0.841. The second-order valence-electron chi connectivity index (χ2n) is 5.62. The molecule has 2 N–H and O–H groups in total. The Morgan fingerprint density at radius 3 is 2.76 bits per heavy atom. The maximum atomic E-state index is 12.5. The summed E-state index contributed by atoms with van der Waals surface area (Å²) in [5.41, 5.74) is 7.30. The molecule has 104 valence electrons. The van der Waals surface area contributed by atoms with Gasteiger partial charge in [-0.25, -0.2) is 0 Å². The molecule has 0 unspecified atom stereocenters. The van der Waals surface area contributed by atoms with Crippen LogP contribution in [0.1, 0.15) is 23.1 Å². The number of carbonyl (C=O) groups excluding carboxylic acids is 1. The molecule has 4 rings (SSSR count). The van der Waals surface area contributed by atoms with E-state index in [9.17, 15) is 4.79 Å². The number of hydrogen-bond acceptors (Lipinski definition) is 3. The summed E-state index contributed by atoms with van der Waals surface area (Å²) in [5, 5.41) is 7.38. The van der Waals surface area contributed by atoms with Gasteiger partial charge in [-0.1, -0.05) is 48.0 Å². The van der Waals surface area contributed by atoms with E-state index in [-0.39, 0.29) is 5.91 Å². The van der Waals surface area contributed by atoms with E-state index < -0.39 is 5.54 Å². The van der Waals surface area contributed by atoms with Crippen LogP contribution >= 0.6 is 0 Å². The Morgan fingerprint density at radius 1 is 1.14 bits per heavy atom. The van der Waals surface area contributed by atoms with E-state index in [0.717, 1.165) is 28.1 Å². The first-order valence-electron chi connectivity index (χ1n) is 7.01. The van der Waals surface area contributed by atoms with Crippen LogP contribution < -0.4 is 10.7 Å². The van der Waals surface area contributed by atoms with Crippen molar-refractivity contribution >= 4 is 17.3 Å². The van der Waals surface area contributed by atoms with Crippen molar-refractivity contribution in [3.8, 4) is 0 Å². The van der Waals surface area contributed by atoms with Gasteiger partial charge in [0.2, 0.25) is 0 Å². The van der Waals surface area contributed by atoms with E-state index in [1.54, 1.807) is 0 Å². The molecule has 2 aliphatic heterocycles. The summed E-state index contributed by atoms with van der Waals surface area (Å²) in [4.78, 5) is 12.5. The van der Waals surface area contributed by atoms with Crippen molar-refractivity contribution in [2.75, 3.05) is 5.32 Å². The Bertz CT molecular complexity index is 767. The van der Waals surface area contributed by atoms with Gasteiger partial charge in [0, 0.05) is 17.7 Å². The fourth-order valence-corrected chi connectivity index (χ4v) is 3.05. The Labute approximate surface area is 122 Å². The lowest BCUT2D eigenvalue weighted by Gasteiger charge is -2.21. The van der Waals surface area contributed by atoms with Crippen molar-refractivity contribution in [1.29, 1.82) is 0 Å². The third-order valence-corrected chi connectivity index (χ3v) is 4.19. The number of fused-ring (bicyclic) bond motifs is 2. The molecule has 4 heteroatoms. The molecule has 0 radical (unpaired) electrons. The average Bonchev–Trinajstić information content (AvgIpc) is 3.06. The van der Waals surface area contributed by atoms with E-state index in [0.29, 0.717) is 6.42 Å². The summed E-state index contributed by atoms with van der Waals surface area (Å²) < 4.78 is 0. The van der Waals surface area contributed by atoms with Gasteiger partial charge in [-0.3, -0.25) is 10.2 Å². The molecule has 2 aromatic carbocycles. The minimum Gasteiger partial charge on any atom is -0.323 e. The van der Waals surface area contributed by atoms with Crippen LogP contribution in [0.15, 0.2) is 53.6 Å². The fraction of sp³-hybridized carbons (Fsp3) is 0.176. The highest BCUT2D eigenvalue weighted by molar-refractivity contribution is 6.13. The van der Waals surface area contributed by atoms with Crippen molar-refractivity contribution < 1.29 is 4.79 Å². The van der Waals surface area contributed by atoms with Crippen molar-refractivity contribution in [3.63, 3.8) is 0 Å². The first kappa shape index (κ1) is 12.1. The summed E-state index contributed by atoms with van der Waals surface area (Å²) >= 11 is 0. The van der Waals surface area contributed by atoms with Gasteiger partial charge in [-0.05, 0) is 18.6 Å². The monoisotopic (exact) mass is 277 g/mol. The number of anilines is 1. The number of benzene rings is 2. The number of nitrogens with one attached hydrogen (secondary N) is 2. The van der Waals surface area contributed by atoms with Gasteiger partial charge in [-0.2, -0.15) is 5.10 Å². The Kier molecular flexibility index (Phi) is 2.42. The molecule has 0 saturated carbocycles. The minimum atomic E-state index is -0.757. The normalized spacial score (nSPS) is 22.7.